The summed E-state index contributed by atoms with van der Waals surface area (Å²) in [5, 5.41) is 4.40. The monoisotopic (exact) mass is 600 g/mol. The number of aryl methyl sites for hydroxylation is 1. The van der Waals surface area contributed by atoms with Gasteiger partial charge in [0.25, 0.3) is 5.91 Å². The molecule has 1 heterocycles. The Labute approximate surface area is 257 Å². The SMILES string of the molecule is COc1cc(C=Nc2sc3c(c2C(=O)Nc2ccc(Cl)cc2)CC[C@@H](C(C)(C)C)C3)ccc1OCc1ccc(C)cc1. The summed E-state index contributed by atoms with van der Waals surface area (Å²) in [5.74, 6) is 1.71. The molecular formula is C35H37ClN2O3S. The Morgan fingerprint density at radius 1 is 1.07 bits per heavy atom. The summed E-state index contributed by atoms with van der Waals surface area (Å²) in [7, 11) is 1.63. The van der Waals surface area contributed by atoms with Gasteiger partial charge >= 0.3 is 0 Å². The lowest BCUT2D eigenvalue weighted by Gasteiger charge is -2.33. The molecule has 1 aliphatic rings. The van der Waals surface area contributed by atoms with Gasteiger partial charge in [0.15, 0.2) is 11.5 Å². The average Bonchev–Trinajstić information content (AvgIpc) is 3.34. The molecule has 0 fully saturated rings. The van der Waals surface area contributed by atoms with Gasteiger partial charge < -0.3 is 14.8 Å². The molecule has 4 aromatic rings. The molecule has 0 aliphatic heterocycles. The zero-order valence-corrected chi connectivity index (χ0v) is 26.4. The van der Waals surface area contributed by atoms with Crippen LogP contribution in [0.15, 0.2) is 71.7 Å². The number of nitrogens with one attached hydrogen (secondary N) is 1. The highest BCUT2D eigenvalue weighted by Crippen LogP contribution is 2.45. The molecular weight excluding hydrogens is 564 g/mol. The van der Waals surface area contributed by atoms with E-state index in [0.717, 1.165) is 41.0 Å². The smallest absolute Gasteiger partial charge is 0.259 e. The number of benzene rings is 3. The molecule has 0 unspecified atom stereocenters. The van der Waals surface area contributed by atoms with Crippen molar-refractivity contribution in [2.45, 2.75) is 53.6 Å². The topological polar surface area (TPSA) is 59.9 Å². The van der Waals surface area contributed by atoms with E-state index in [1.807, 2.05) is 30.3 Å². The van der Waals surface area contributed by atoms with Crippen LogP contribution in [0.25, 0.3) is 0 Å². The quantitative estimate of drug-likeness (QED) is 0.205. The fourth-order valence-corrected chi connectivity index (χ4v) is 6.62. The van der Waals surface area contributed by atoms with Crippen LogP contribution in [0.1, 0.15) is 64.7 Å². The fraction of sp³-hybridized carbons (Fsp3) is 0.314. The van der Waals surface area contributed by atoms with Crippen LogP contribution in [-0.4, -0.2) is 19.2 Å². The first-order valence-corrected chi connectivity index (χ1v) is 15.4. The first-order valence-electron chi connectivity index (χ1n) is 14.2. The highest BCUT2D eigenvalue weighted by molar-refractivity contribution is 7.16. The first kappa shape index (κ1) is 29.9. The minimum Gasteiger partial charge on any atom is -0.493 e. The van der Waals surface area contributed by atoms with Gasteiger partial charge in [0.1, 0.15) is 11.6 Å². The van der Waals surface area contributed by atoms with Crippen LogP contribution in [0, 0.1) is 18.3 Å². The van der Waals surface area contributed by atoms with Gasteiger partial charge in [-0.25, -0.2) is 4.99 Å². The van der Waals surface area contributed by atoms with Crippen LogP contribution < -0.4 is 14.8 Å². The van der Waals surface area contributed by atoms with Crippen molar-refractivity contribution in [3.63, 3.8) is 0 Å². The van der Waals surface area contributed by atoms with Gasteiger partial charge in [0.2, 0.25) is 0 Å². The Bertz CT molecular complexity index is 1580. The second-order valence-electron chi connectivity index (χ2n) is 11.9. The van der Waals surface area contributed by atoms with Gasteiger partial charge in [0, 0.05) is 21.8 Å². The number of fused-ring (bicyclic) bond motifs is 1. The largest absolute Gasteiger partial charge is 0.493 e. The Balaban J connectivity index is 1.41. The number of halogens is 1. The van der Waals surface area contributed by atoms with Crippen molar-refractivity contribution in [1.29, 1.82) is 0 Å². The number of methoxy groups -OCH3 is 1. The van der Waals surface area contributed by atoms with Crippen molar-refractivity contribution in [2.24, 2.45) is 16.3 Å². The van der Waals surface area contributed by atoms with E-state index in [0.29, 0.717) is 40.3 Å². The Kier molecular flexibility index (Phi) is 9.05. The third-order valence-electron chi connectivity index (χ3n) is 7.83. The number of hydrogen-bond donors (Lipinski definition) is 1. The van der Waals surface area contributed by atoms with Crippen molar-refractivity contribution in [2.75, 3.05) is 12.4 Å². The lowest BCUT2D eigenvalue weighted by molar-refractivity contribution is 0.102. The standard InChI is InChI=1S/C35H37ClN2O3S/c1-22-6-8-23(9-7-22)21-41-29-17-10-24(18-30(29)40-5)20-37-34-32(33(39)38-27-14-12-26(36)13-15-27)28-16-11-25(35(2,3)4)19-31(28)42-34/h6-10,12-15,17-18,20,25H,11,16,19,21H2,1-5H3,(H,38,39)/t25-/m1/s1. The minimum absolute atomic E-state index is 0.145. The Morgan fingerprint density at radius 3 is 2.50 bits per heavy atom. The Morgan fingerprint density at radius 2 is 1.81 bits per heavy atom. The number of amides is 1. The molecule has 0 saturated heterocycles. The molecule has 1 atom stereocenters. The number of carbonyl (C=O) groups excluding carboxylic acids is 1. The highest BCUT2D eigenvalue weighted by atomic mass is 35.5. The van der Waals surface area contributed by atoms with Crippen molar-refractivity contribution >= 4 is 45.7 Å². The highest BCUT2D eigenvalue weighted by Gasteiger charge is 2.33. The molecule has 5 nitrogen and oxygen atoms in total. The second kappa shape index (κ2) is 12.7. The summed E-state index contributed by atoms with van der Waals surface area (Å²) >= 11 is 7.68. The molecule has 1 amide bonds. The van der Waals surface area contributed by atoms with Crippen LogP contribution in [0.2, 0.25) is 5.02 Å². The maximum Gasteiger partial charge on any atom is 0.259 e. The third-order valence-corrected chi connectivity index (χ3v) is 9.25. The summed E-state index contributed by atoms with van der Waals surface area (Å²) in [6.07, 6.45) is 4.68. The zero-order chi connectivity index (χ0) is 29.9. The number of carbonyl (C=O) groups is 1. The number of hydrogen-bond acceptors (Lipinski definition) is 5. The van der Waals surface area contributed by atoms with Gasteiger partial charge in [-0.15, -0.1) is 11.3 Å². The maximum absolute atomic E-state index is 13.6. The van der Waals surface area contributed by atoms with Crippen molar-refractivity contribution in [1.82, 2.24) is 0 Å². The summed E-state index contributed by atoms with van der Waals surface area (Å²) in [6, 6.07) is 21.2. The van der Waals surface area contributed by atoms with E-state index >= 15 is 0 Å². The van der Waals surface area contributed by atoms with Crippen LogP contribution in [-0.2, 0) is 19.4 Å². The molecule has 5 rings (SSSR count). The predicted octanol–water partition coefficient (Wildman–Crippen LogP) is 9.45. The van der Waals surface area contributed by atoms with Crippen molar-refractivity contribution in [3.8, 4) is 11.5 Å². The summed E-state index contributed by atoms with van der Waals surface area (Å²) in [6.45, 7) is 9.41. The van der Waals surface area contributed by atoms with Gasteiger partial charge in [0.05, 0.1) is 12.7 Å². The van der Waals surface area contributed by atoms with Crippen molar-refractivity contribution < 1.29 is 14.3 Å². The molecule has 42 heavy (non-hydrogen) atoms. The van der Waals surface area contributed by atoms with E-state index in [2.05, 4.69) is 57.3 Å². The van der Waals surface area contributed by atoms with E-state index in [1.165, 1.54) is 10.4 Å². The molecule has 1 N–H and O–H groups in total. The molecule has 0 bridgehead atoms. The molecule has 218 valence electrons. The van der Waals surface area contributed by atoms with Crippen LogP contribution in [0.5, 0.6) is 11.5 Å². The van der Waals surface area contributed by atoms with Gasteiger partial charge in [-0.05, 0) is 96.7 Å². The van der Waals surface area contributed by atoms with Crippen LogP contribution in [0.4, 0.5) is 10.7 Å². The van der Waals surface area contributed by atoms with E-state index in [-0.39, 0.29) is 11.3 Å². The lowest BCUT2D eigenvalue weighted by atomic mass is 9.72. The van der Waals surface area contributed by atoms with E-state index in [1.54, 1.807) is 36.8 Å². The van der Waals surface area contributed by atoms with Gasteiger partial charge in [-0.3, -0.25) is 4.79 Å². The number of aliphatic imine (C=N–C) groups is 1. The number of rotatable bonds is 8. The molecule has 7 heteroatoms. The van der Waals surface area contributed by atoms with Crippen LogP contribution in [0.3, 0.4) is 0 Å². The molecule has 1 aliphatic carbocycles. The Hall–Kier alpha value is -3.61. The number of anilines is 1. The molecule has 3 aromatic carbocycles. The van der Waals surface area contributed by atoms with Crippen molar-refractivity contribution in [3.05, 3.63) is 104 Å². The molecule has 1 aromatic heterocycles. The molecule has 0 saturated carbocycles. The van der Waals surface area contributed by atoms with Gasteiger partial charge in [-0.2, -0.15) is 0 Å². The summed E-state index contributed by atoms with van der Waals surface area (Å²) in [5.41, 5.74) is 5.86. The minimum atomic E-state index is -0.145. The van der Waals surface area contributed by atoms with E-state index in [9.17, 15) is 4.79 Å². The molecule has 0 radical (unpaired) electrons. The number of nitrogens with zero attached hydrogens (tertiary/aromatic N) is 1. The molecule has 0 spiro atoms. The summed E-state index contributed by atoms with van der Waals surface area (Å²) < 4.78 is 11.7. The van der Waals surface area contributed by atoms with E-state index in [4.69, 9.17) is 26.1 Å². The fourth-order valence-electron chi connectivity index (χ4n) is 5.22. The normalized spacial score (nSPS) is 15.0. The predicted molar refractivity (Wildman–Crippen MR) is 174 cm³/mol. The number of thiophene rings is 1. The number of ether oxygens (including phenoxy) is 2. The average molecular weight is 601 g/mol. The zero-order valence-electron chi connectivity index (χ0n) is 24.8. The maximum atomic E-state index is 13.6. The van der Waals surface area contributed by atoms with Crippen LogP contribution >= 0.6 is 22.9 Å². The first-order chi connectivity index (χ1) is 20.1. The summed E-state index contributed by atoms with van der Waals surface area (Å²) in [4.78, 5) is 19.8. The second-order valence-corrected chi connectivity index (χ2v) is 13.4. The van der Waals surface area contributed by atoms with Gasteiger partial charge in [-0.1, -0.05) is 62.2 Å². The third kappa shape index (κ3) is 7.05. The van der Waals surface area contributed by atoms with E-state index < -0.39 is 0 Å². The lowest BCUT2D eigenvalue weighted by Crippen LogP contribution is -2.27.